The number of carboxylic acid groups (broad SMARTS) is 1. The Morgan fingerprint density at radius 1 is 1.07 bits per heavy atom. The zero-order valence-corrected chi connectivity index (χ0v) is 16.7. The van der Waals surface area contributed by atoms with Gasteiger partial charge in [-0.15, -0.1) is 0 Å². The van der Waals surface area contributed by atoms with E-state index in [1.807, 2.05) is 0 Å². The molecule has 0 spiro atoms. The molecule has 0 radical (unpaired) electrons. The van der Waals surface area contributed by atoms with E-state index in [0.717, 1.165) is 25.7 Å². The van der Waals surface area contributed by atoms with Crippen molar-refractivity contribution in [2.75, 3.05) is 0 Å². The highest BCUT2D eigenvalue weighted by atomic mass is 32.2. The second kappa shape index (κ2) is 13.8. The van der Waals surface area contributed by atoms with Gasteiger partial charge in [-0.2, -0.15) is 21.6 Å². The van der Waals surface area contributed by atoms with Gasteiger partial charge in [0.25, 0.3) is 0 Å². The van der Waals surface area contributed by atoms with Crippen LogP contribution in [0.25, 0.3) is 0 Å². The quantitative estimate of drug-likeness (QED) is 0.272. The molecule has 0 fully saturated rings. The van der Waals surface area contributed by atoms with E-state index in [1.165, 1.54) is 38.2 Å². The number of rotatable bonds is 10. The standard InChI is InChI=1S/C10H20O2.C8H11F3O3S/c1-2-3-4-5-6-7-8-9-10(11)12;9-8(10,11)15(12,13)14-7-5-3-1-2-4-6-7/h2-9H2,1H3,(H,11,12);5H,1-4,6H2. The fraction of sp³-hybridized carbons (Fsp3) is 0.833. The maximum Gasteiger partial charge on any atom is 0.534 e. The largest absolute Gasteiger partial charge is 0.534 e. The summed E-state index contributed by atoms with van der Waals surface area (Å²) >= 11 is 0. The van der Waals surface area contributed by atoms with Crippen LogP contribution in [0.2, 0.25) is 0 Å². The number of unbranched alkanes of at least 4 members (excludes halogenated alkanes) is 6. The van der Waals surface area contributed by atoms with Crippen LogP contribution in [-0.4, -0.2) is 25.0 Å². The lowest BCUT2D eigenvalue weighted by molar-refractivity contribution is -0.137. The Kier molecular flexibility index (Phi) is 13.2. The highest BCUT2D eigenvalue weighted by molar-refractivity contribution is 7.87. The number of alkyl halides is 3. The summed E-state index contributed by atoms with van der Waals surface area (Å²) in [4.78, 5) is 10.1. The van der Waals surface area contributed by atoms with Gasteiger partial charge in [0.05, 0.1) is 0 Å². The van der Waals surface area contributed by atoms with Crippen molar-refractivity contribution in [1.29, 1.82) is 0 Å². The first-order chi connectivity index (χ1) is 12.6. The van der Waals surface area contributed by atoms with Gasteiger partial charge in [-0.1, -0.05) is 51.9 Å². The Balaban J connectivity index is 0.000000516. The summed E-state index contributed by atoms with van der Waals surface area (Å²) in [5.41, 5.74) is -5.35. The topological polar surface area (TPSA) is 80.7 Å². The molecule has 1 aliphatic rings. The molecule has 0 aliphatic heterocycles. The molecule has 0 atom stereocenters. The average Bonchev–Trinajstić information content (AvgIpc) is 2.81. The molecule has 1 aliphatic carbocycles. The van der Waals surface area contributed by atoms with E-state index in [0.29, 0.717) is 19.3 Å². The van der Waals surface area contributed by atoms with Crippen LogP contribution in [-0.2, 0) is 19.1 Å². The van der Waals surface area contributed by atoms with E-state index >= 15 is 0 Å². The first-order valence-corrected chi connectivity index (χ1v) is 10.9. The first kappa shape index (κ1) is 25.8. The molecule has 0 amide bonds. The molecule has 0 saturated carbocycles. The number of hydrogen-bond donors (Lipinski definition) is 1. The Morgan fingerprint density at radius 3 is 2.22 bits per heavy atom. The van der Waals surface area contributed by atoms with E-state index in [2.05, 4.69) is 11.1 Å². The van der Waals surface area contributed by atoms with Crippen LogP contribution >= 0.6 is 0 Å². The molecule has 5 nitrogen and oxygen atoms in total. The van der Waals surface area contributed by atoms with E-state index in [1.54, 1.807) is 0 Å². The molecule has 0 aromatic rings. The summed E-state index contributed by atoms with van der Waals surface area (Å²) in [5.74, 6) is -0.756. The summed E-state index contributed by atoms with van der Waals surface area (Å²) in [6.45, 7) is 2.20. The minimum atomic E-state index is -5.48. The molecule has 0 heterocycles. The molecule has 27 heavy (non-hydrogen) atoms. The second-order valence-corrected chi connectivity index (χ2v) is 8.06. The fourth-order valence-electron chi connectivity index (χ4n) is 2.48. The van der Waals surface area contributed by atoms with Crippen molar-refractivity contribution in [2.45, 2.75) is 95.9 Å². The lowest BCUT2D eigenvalue weighted by atomic mass is 10.1. The minimum absolute atomic E-state index is 0.0928. The third-order valence-corrected chi connectivity index (χ3v) is 4.99. The van der Waals surface area contributed by atoms with Crippen molar-refractivity contribution >= 4 is 16.1 Å². The lowest BCUT2D eigenvalue weighted by Crippen LogP contribution is -2.25. The zero-order valence-electron chi connectivity index (χ0n) is 15.9. The third-order valence-electron chi connectivity index (χ3n) is 3.99. The van der Waals surface area contributed by atoms with Crippen molar-refractivity contribution in [3.63, 3.8) is 0 Å². The molecule has 0 saturated heterocycles. The predicted molar refractivity (Wildman–Crippen MR) is 97.5 cm³/mol. The molecule has 1 N–H and O–H groups in total. The van der Waals surface area contributed by atoms with Crippen LogP contribution < -0.4 is 0 Å². The SMILES string of the molecule is CCCCCCCCCC(=O)O.O=S(=O)(OC1=CCCCCC1)C(F)(F)F. The van der Waals surface area contributed by atoms with Gasteiger partial charge in [0.2, 0.25) is 0 Å². The van der Waals surface area contributed by atoms with Crippen molar-refractivity contribution in [1.82, 2.24) is 0 Å². The van der Waals surface area contributed by atoms with E-state index in [-0.39, 0.29) is 12.2 Å². The fourth-order valence-corrected chi connectivity index (χ4v) is 3.01. The van der Waals surface area contributed by atoms with Crippen LogP contribution in [0.3, 0.4) is 0 Å². The lowest BCUT2D eigenvalue weighted by Gasteiger charge is -2.11. The highest BCUT2D eigenvalue weighted by Gasteiger charge is 2.48. The number of carbonyl (C=O) groups is 1. The molecule has 160 valence electrons. The van der Waals surface area contributed by atoms with Crippen LogP contribution in [0, 0.1) is 0 Å². The maximum absolute atomic E-state index is 11.9. The summed E-state index contributed by atoms with van der Waals surface area (Å²) in [5, 5.41) is 8.35. The van der Waals surface area contributed by atoms with Crippen LogP contribution in [0.15, 0.2) is 11.8 Å². The number of aliphatic carboxylic acids is 1. The van der Waals surface area contributed by atoms with Crippen LogP contribution in [0.1, 0.15) is 90.4 Å². The van der Waals surface area contributed by atoms with E-state index < -0.39 is 21.6 Å². The average molecular weight is 417 g/mol. The normalized spacial score (nSPS) is 15.2. The Hall–Kier alpha value is -1.25. The predicted octanol–water partition coefficient (Wildman–Crippen LogP) is 5.91. The number of halogens is 3. The van der Waals surface area contributed by atoms with Gasteiger partial charge < -0.3 is 9.29 Å². The summed E-state index contributed by atoms with van der Waals surface area (Å²) < 4.78 is 61.2. The van der Waals surface area contributed by atoms with Gasteiger partial charge >= 0.3 is 21.6 Å². The van der Waals surface area contributed by atoms with Crippen LogP contribution in [0.4, 0.5) is 13.2 Å². The number of allylic oxidation sites excluding steroid dienone is 2. The highest BCUT2D eigenvalue weighted by Crippen LogP contribution is 2.29. The van der Waals surface area contributed by atoms with Gasteiger partial charge in [-0.25, -0.2) is 0 Å². The van der Waals surface area contributed by atoms with Gasteiger partial charge in [0.15, 0.2) is 0 Å². The zero-order chi connectivity index (χ0) is 20.8. The molecule has 9 heteroatoms. The van der Waals surface area contributed by atoms with E-state index in [9.17, 15) is 26.4 Å². The monoisotopic (exact) mass is 416 g/mol. The Labute approximate surface area is 160 Å². The van der Waals surface area contributed by atoms with Gasteiger partial charge in [-0.05, 0) is 31.8 Å². The smallest absolute Gasteiger partial charge is 0.481 e. The maximum atomic E-state index is 11.9. The number of carboxylic acids is 1. The Bertz CT molecular complexity index is 542. The third kappa shape index (κ3) is 13.5. The Morgan fingerprint density at radius 2 is 1.67 bits per heavy atom. The molecule has 0 aromatic heterocycles. The molecular weight excluding hydrogens is 385 g/mol. The molecule has 1 rings (SSSR count). The van der Waals surface area contributed by atoms with Gasteiger partial charge in [0.1, 0.15) is 5.76 Å². The van der Waals surface area contributed by atoms with Crippen molar-refractivity contribution in [2.24, 2.45) is 0 Å². The van der Waals surface area contributed by atoms with Crippen molar-refractivity contribution in [3.8, 4) is 0 Å². The van der Waals surface area contributed by atoms with Crippen molar-refractivity contribution < 1.29 is 35.7 Å². The van der Waals surface area contributed by atoms with E-state index in [4.69, 9.17) is 5.11 Å². The molecule has 0 bridgehead atoms. The van der Waals surface area contributed by atoms with Crippen LogP contribution in [0.5, 0.6) is 0 Å². The minimum Gasteiger partial charge on any atom is -0.481 e. The van der Waals surface area contributed by atoms with Crippen molar-refractivity contribution in [3.05, 3.63) is 11.8 Å². The van der Waals surface area contributed by atoms with Gasteiger partial charge in [-0.3, -0.25) is 4.79 Å². The number of hydrogen-bond acceptors (Lipinski definition) is 4. The molecular formula is C18H31F3O5S. The first-order valence-electron chi connectivity index (χ1n) is 9.51. The molecule has 0 aromatic carbocycles. The second-order valence-electron chi connectivity index (χ2n) is 6.52. The molecule has 0 unspecified atom stereocenters. The summed E-state index contributed by atoms with van der Waals surface area (Å²) in [6.07, 6.45) is 13.2. The summed E-state index contributed by atoms with van der Waals surface area (Å²) in [6, 6.07) is 0. The summed E-state index contributed by atoms with van der Waals surface area (Å²) in [7, 11) is -5.48. The van der Waals surface area contributed by atoms with Gasteiger partial charge in [0, 0.05) is 12.8 Å².